The summed E-state index contributed by atoms with van der Waals surface area (Å²) in [4.78, 5) is 22.9. The first-order valence-electron chi connectivity index (χ1n) is 9.03. The van der Waals surface area contributed by atoms with Crippen molar-refractivity contribution in [1.29, 1.82) is 0 Å². The topological polar surface area (TPSA) is 92.7 Å². The van der Waals surface area contributed by atoms with Crippen LogP contribution >= 0.6 is 0 Å². The monoisotopic (exact) mass is 382 g/mol. The molecule has 0 radical (unpaired) electrons. The third kappa shape index (κ3) is 4.70. The Morgan fingerprint density at radius 1 is 1.15 bits per heavy atom. The zero-order valence-corrected chi connectivity index (χ0v) is 16.1. The number of carbonyl (C=O) groups excluding carboxylic acids is 1. The first kappa shape index (κ1) is 19.0. The number of ether oxygens (including phenoxy) is 1. The van der Waals surface area contributed by atoms with Crippen molar-refractivity contribution in [2.75, 3.05) is 32.4 Å². The van der Waals surface area contributed by atoms with Gasteiger partial charge in [0.05, 0.1) is 6.26 Å². The van der Waals surface area contributed by atoms with E-state index in [4.69, 9.17) is 4.74 Å². The molecule has 0 unspecified atom stereocenters. The molecule has 0 saturated carbocycles. The van der Waals surface area contributed by atoms with Crippen molar-refractivity contribution in [1.82, 2.24) is 19.2 Å². The number of carbonyl (C=O) groups is 1. The molecule has 0 aliphatic carbocycles. The van der Waals surface area contributed by atoms with Gasteiger partial charge in [-0.2, -0.15) is 4.98 Å². The lowest BCUT2D eigenvalue weighted by atomic mass is 9.95. The van der Waals surface area contributed by atoms with E-state index in [0.29, 0.717) is 50.7 Å². The molecule has 2 saturated heterocycles. The molecular formula is C17H26N4O4S. The molecule has 1 amide bonds. The van der Waals surface area contributed by atoms with Crippen LogP contribution in [0.15, 0.2) is 12.3 Å². The SMILES string of the molecule is Cc1nccc(OC2CCN(C(=O)C3CCN(S(C)(=O)=O)CC3)CC2)n1. The first-order valence-corrected chi connectivity index (χ1v) is 10.9. The zero-order valence-electron chi connectivity index (χ0n) is 15.3. The van der Waals surface area contributed by atoms with E-state index in [0.717, 1.165) is 12.8 Å². The average Bonchev–Trinajstić information content (AvgIpc) is 2.61. The van der Waals surface area contributed by atoms with Crippen molar-refractivity contribution in [3.05, 3.63) is 18.1 Å². The Balaban J connectivity index is 1.47. The summed E-state index contributed by atoms with van der Waals surface area (Å²) in [7, 11) is -3.16. The molecule has 2 aliphatic heterocycles. The fraction of sp³-hybridized carbons (Fsp3) is 0.706. The lowest BCUT2D eigenvalue weighted by Gasteiger charge is -2.36. The quantitative estimate of drug-likeness (QED) is 0.766. The molecule has 0 bridgehead atoms. The van der Waals surface area contributed by atoms with Crippen LogP contribution in [0.3, 0.4) is 0 Å². The smallest absolute Gasteiger partial charge is 0.225 e. The molecule has 3 rings (SSSR count). The van der Waals surface area contributed by atoms with Crippen LogP contribution in [0.2, 0.25) is 0 Å². The minimum atomic E-state index is -3.16. The molecule has 0 spiro atoms. The number of aromatic nitrogens is 2. The Morgan fingerprint density at radius 3 is 2.38 bits per heavy atom. The molecule has 1 aromatic heterocycles. The maximum Gasteiger partial charge on any atom is 0.225 e. The summed E-state index contributed by atoms with van der Waals surface area (Å²) in [6.45, 7) is 4.02. The minimum absolute atomic E-state index is 0.0560. The highest BCUT2D eigenvalue weighted by atomic mass is 32.2. The highest BCUT2D eigenvalue weighted by molar-refractivity contribution is 7.88. The van der Waals surface area contributed by atoms with Gasteiger partial charge in [0.15, 0.2) is 0 Å². The van der Waals surface area contributed by atoms with Crippen LogP contribution in [0, 0.1) is 12.8 Å². The molecule has 2 aliphatic rings. The largest absolute Gasteiger partial charge is 0.474 e. The van der Waals surface area contributed by atoms with E-state index in [2.05, 4.69) is 9.97 Å². The molecule has 0 atom stereocenters. The van der Waals surface area contributed by atoms with Gasteiger partial charge < -0.3 is 9.64 Å². The third-order valence-electron chi connectivity index (χ3n) is 5.06. The number of rotatable bonds is 4. The van der Waals surface area contributed by atoms with Gasteiger partial charge in [-0.3, -0.25) is 4.79 Å². The predicted molar refractivity (Wildman–Crippen MR) is 96.1 cm³/mol. The number of piperidine rings is 2. The van der Waals surface area contributed by atoms with Crippen LogP contribution in [0.5, 0.6) is 5.88 Å². The number of hydrogen-bond donors (Lipinski definition) is 0. The second-order valence-corrected chi connectivity index (χ2v) is 9.00. The van der Waals surface area contributed by atoms with Gasteiger partial charge in [0.25, 0.3) is 0 Å². The van der Waals surface area contributed by atoms with E-state index in [9.17, 15) is 13.2 Å². The van der Waals surface area contributed by atoms with Gasteiger partial charge in [0.2, 0.25) is 21.8 Å². The van der Waals surface area contributed by atoms with Crippen LogP contribution in [-0.2, 0) is 14.8 Å². The van der Waals surface area contributed by atoms with E-state index in [1.807, 2.05) is 11.8 Å². The van der Waals surface area contributed by atoms with Crippen LogP contribution in [-0.4, -0.2) is 72.0 Å². The molecular weight excluding hydrogens is 356 g/mol. The van der Waals surface area contributed by atoms with Crippen LogP contribution in [0.25, 0.3) is 0 Å². The number of aryl methyl sites for hydroxylation is 1. The lowest BCUT2D eigenvalue weighted by Crippen LogP contribution is -2.47. The second-order valence-electron chi connectivity index (χ2n) is 7.02. The summed E-state index contributed by atoms with van der Waals surface area (Å²) in [6.07, 6.45) is 5.71. The van der Waals surface area contributed by atoms with Gasteiger partial charge in [-0.25, -0.2) is 17.7 Å². The van der Waals surface area contributed by atoms with Gasteiger partial charge in [-0.15, -0.1) is 0 Å². The summed E-state index contributed by atoms with van der Waals surface area (Å²) < 4.78 is 30.5. The molecule has 0 N–H and O–H groups in total. The van der Waals surface area contributed by atoms with Crippen LogP contribution in [0.4, 0.5) is 0 Å². The zero-order chi connectivity index (χ0) is 18.7. The maximum absolute atomic E-state index is 12.7. The van der Waals surface area contributed by atoms with Gasteiger partial charge in [-0.05, 0) is 19.8 Å². The second kappa shape index (κ2) is 7.87. The molecule has 144 valence electrons. The van der Waals surface area contributed by atoms with Crippen molar-refractivity contribution in [3.63, 3.8) is 0 Å². The van der Waals surface area contributed by atoms with E-state index in [1.54, 1.807) is 12.3 Å². The van der Waals surface area contributed by atoms with E-state index >= 15 is 0 Å². The molecule has 2 fully saturated rings. The van der Waals surface area contributed by atoms with Crippen molar-refractivity contribution >= 4 is 15.9 Å². The van der Waals surface area contributed by atoms with Crippen LogP contribution < -0.4 is 4.74 Å². The molecule has 9 heteroatoms. The Bertz CT molecular complexity index is 739. The predicted octanol–water partition coefficient (Wildman–Crippen LogP) is 0.826. The Morgan fingerprint density at radius 2 is 1.81 bits per heavy atom. The summed E-state index contributed by atoms with van der Waals surface area (Å²) >= 11 is 0. The lowest BCUT2D eigenvalue weighted by molar-refractivity contribution is -0.138. The van der Waals surface area contributed by atoms with E-state index in [1.165, 1.54) is 10.6 Å². The molecule has 26 heavy (non-hydrogen) atoms. The first-order chi connectivity index (χ1) is 12.3. The summed E-state index contributed by atoms with van der Waals surface area (Å²) in [5.41, 5.74) is 0. The Hall–Kier alpha value is -1.74. The van der Waals surface area contributed by atoms with Crippen molar-refractivity contribution in [3.8, 4) is 5.88 Å². The number of nitrogens with zero attached hydrogens (tertiary/aromatic N) is 4. The average molecular weight is 382 g/mol. The van der Waals surface area contributed by atoms with E-state index < -0.39 is 10.0 Å². The Labute approximate surface area is 154 Å². The summed E-state index contributed by atoms with van der Waals surface area (Å²) in [6, 6.07) is 1.75. The molecule has 8 nitrogen and oxygen atoms in total. The number of hydrogen-bond acceptors (Lipinski definition) is 6. The fourth-order valence-electron chi connectivity index (χ4n) is 3.56. The highest BCUT2D eigenvalue weighted by Crippen LogP contribution is 2.24. The van der Waals surface area contributed by atoms with Gasteiger partial charge >= 0.3 is 0 Å². The molecule has 0 aromatic carbocycles. The number of likely N-dealkylation sites (tertiary alicyclic amines) is 1. The third-order valence-corrected chi connectivity index (χ3v) is 6.37. The standard InChI is InChI=1S/C17H26N4O4S/c1-13-18-8-3-16(19-13)25-15-6-9-20(10-7-15)17(22)14-4-11-21(12-5-14)26(2,23)24/h3,8,14-15H,4-7,9-12H2,1-2H3. The fourth-order valence-corrected chi connectivity index (χ4v) is 4.43. The van der Waals surface area contributed by atoms with Crippen molar-refractivity contribution < 1.29 is 17.9 Å². The minimum Gasteiger partial charge on any atom is -0.474 e. The van der Waals surface area contributed by atoms with Crippen molar-refractivity contribution in [2.45, 2.75) is 38.7 Å². The van der Waals surface area contributed by atoms with Gasteiger partial charge in [0.1, 0.15) is 11.9 Å². The van der Waals surface area contributed by atoms with Crippen LogP contribution in [0.1, 0.15) is 31.5 Å². The Kier molecular flexibility index (Phi) is 5.76. The summed E-state index contributed by atoms with van der Waals surface area (Å²) in [5, 5.41) is 0. The summed E-state index contributed by atoms with van der Waals surface area (Å²) in [5.74, 6) is 1.33. The normalized spacial score (nSPS) is 20.9. The van der Waals surface area contributed by atoms with E-state index in [-0.39, 0.29) is 17.9 Å². The molecule has 3 heterocycles. The van der Waals surface area contributed by atoms with Gasteiger partial charge in [0, 0.05) is 57.2 Å². The van der Waals surface area contributed by atoms with Gasteiger partial charge in [-0.1, -0.05) is 0 Å². The highest BCUT2D eigenvalue weighted by Gasteiger charge is 2.33. The van der Waals surface area contributed by atoms with Crippen molar-refractivity contribution in [2.24, 2.45) is 5.92 Å². The maximum atomic E-state index is 12.7. The number of amides is 1. The molecule has 1 aromatic rings. The number of sulfonamides is 1.